The Bertz CT molecular complexity index is 792. The first kappa shape index (κ1) is 13.2. The number of fused-ring (bicyclic) bond motifs is 1. The molecule has 3 aromatic rings. The fraction of sp³-hybridized carbons (Fsp3) is 0. The summed E-state index contributed by atoms with van der Waals surface area (Å²) in [5, 5.41) is 12.0. The van der Waals surface area contributed by atoms with Gasteiger partial charge < -0.3 is 9.84 Å². The van der Waals surface area contributed by atoms with Crippen molar-refractivity contribution < 1.29 is 9.84 Å². The molecule has 2 aromatic carbocycles. The Morgan fingerprint density at radius 3 is 2.65 bits per heavy atom. The summed E-state index contributed by atoms with van der Waals surface area (Å²) in [7, 11) is 0. The van der Waals surface area contributed by atoms with E-state index < -0.39 is 0 Å². The van der Waals surface area contributed by atoms with Crippen molar-refractivity contribution in [2.75, 3.05) is 0 Å². The minimum absolute atomic E-state index is 0.223. The van der Waals surface area contributed by atoms with Crippen molar-refractivity contribution >= 4 is 38.3 Å². The third kappa shape index (κ3) is 2.71. The summed E-state index contributed by atoms with van der Waals surface area (Å²) in [6, 6.07) is 12.5. The number of hydrogen-bond acceptors (Lipinski definition) is 3. The number of halogens is 2. The maximum absolute atomic E-state index is 9.51. The van der Waals surface area contributed by atoms with Gasteiger partial charge in [0, 0.05) is 6.20 Å². The molecule has 3 nitrogen and oxygen atoms in total. The van der Waals surface area contributed by atoms with Crippen LogP contribution in [0.2, 0.25) is 5.02 Å². The number of benzene rings is 2. The third-order valence-corrected chi connectivity index (χ3v) is 3.56. The van der Waals surface area contributed by atoms with Crippen LogP contribution in [0.5, 0.6) is 17.4 Å². The highest BCUT2D eigenvalue weighted by atomic mass is 79.9. The summed E-state index contributed by atoms with van der Waals surface area (Å²) in [6.45, 7) is 0. The van der Waals surface area contributed by atoms with Crippen molar-refractivity contribution in [3.8, 4) is 17.4 Å². The van der Waals surface area contributed by atoms with Crippen molar-refractivity contribution in [1.29, 1.82) is 0 Å². The van der Waals surface area contributed by atoms with Gasteiger partial charge in [0.2, 0.25) is 5.88 Å². The molecule has 0 saturated heterocycles. The third-order valence-electron chi connectivity index (χ3n) is 2.78. The topological polar surface area (TPSA) is 42.4 Å². The predicted molar refractivity (Wildman–Crippen MR) is 82.6 cm³/mol. The second kappa shape index (κ2) is 5.31. The zero-order valence-electron chi connectivity index (χ0n) is 10.2. The largest absolute Gasteiger partial charge is 0.508 e. The fourth-order valence-electron chi connectivity index (χ4n) is 1.86. The van der Waals surface area contributed by atoms with E-state index in [0.29, 0.717) is 21.1 Å². The Morgan fingerprint density at radius 1 is 1.05 bits per heavy atom. The zero-order valence-corrected chi connectivity index (χ0v) is 12.5. The Balaban J connectivity index is 1.98. The molecule has 1 aromatic heterocycles. The fourth-order valence-corrected chi connectivity index (χ4v) is 2.58. The van der Waals surface area contributed by atoms with Gasteiger partial charge in [-0.15, -0.1) is 0 Å². The van der Waals surface area contributed by atoms with Gasteiger partial charge in [-0.3, -0.25) is 0 Å². The second-order valence-electron chi connectivity index (χ2n) is 4.24. The highest BCUT2D eigenvalue weighted by Gasteiger charge is 2.06. The first-order valence-corrected chi connectivity index (χ1v) is 7.00. The van der Waals surface area contributed by atoms with Crippen LogP contribution in [0.1, 0.15) is 0 Å². The van der Waals surface area contributed by atoms with Crippen molar-refractivity contribution in [1.82, 2.24) is 4.98 Å². The average Bonchev–Trinajstić information content (AvgIpc) is 2.41. The van der Waals surface area contributed by atoms with Gasteiger partial charge in [-0.1, -0.05) is 23.7 Å². The molecule has 0 aliphatic rings. The monoisotopic (exact) mass is 349 g/mol. The van der Waals surface area contributed by atoms with Gasteiger partial charge in [-0.05, 0) is 57.0 Å². The molecule has 1 heterocycles. The number of hydrogen-bond donors (Lipinski definition) is 1. The summed E-state index contributed by atoms with van der Waals surface area (Å²) in [5.41, 5.74) is 0. The standard InChI is InChI=1S/C15H9BrClNO2/c16-14-7-11(17)8-18-15(14)20-13-4-2-9-1-3-12(19)5-10(9)6-13/h1-8,19H. The minimum atomic E-state index is 0.223. The zero-order chi connectivity index (χ0) is 14.1. The molecule has 0 unspecified atom stereocenters. The summed E-state index contributed by atoms with van der Waals surface area (Å²) >= 11 is 9.19. The molecule has 0 fully saturated rings. The van der Waals surface area contributed by atoms with Crippen molar-refractivity contribution in [3.63, 3.8) is 0 Å². The maximum Gasteiger partial charge on any atom is 0.233 e. The SMILES string of the molecule is Oc1ccc2ccc(Oc3ncc(Cl)cc3Br)cc2c1. The molecule has 0 spiro atoms. The van der Waals surface area contributed by atoms with E-state index in [1.54, 1.807) is 18.2 Å². The number of ether oxygens (including phenoxy) is 1. The van der Waals surface area contributed by atoms with Crippen LogP contribution in [-0.2, 0) is 0 Å². The Labute approximate surface area is 128 Å². The lowest BCUT2D eigenvalue weighted by Gasteiger charge is -2.08. The molecule has 3 rings (SSSR count). The van der Waals surface area contributed by atoms with Crippen LogP contribution >= 0.6 is 27.5 Å². The number of phenols is 1. The number of phenolic OH excluding ortho intramolecular Hbond substituents is 1. The molecule has 0 radical (unpaired) electrons. The van der Waals surface area contributed by atoms with E-state index in [2.05, 4.69) is 20.9 Å². The first-order chi connectivity index (χ1) is 9.61. The van der Waals surface area contributed by atoms with E-state index in [9.17, 15) is 5.11 Å². The minimum Gasteiger partial charge on any atom is -0.508 e. The number of rotatable bonds is 2. The van der Waals surface area contributed by atoms with Crippen molar-refractivity contribution in [3.05, 3.63) is 58.2 Å². The molecular formula is C15H9BrClNO2. The molecule has 0 bridgehead atoms. The summed E-state index contributed by atoms with van der Waals surface area (Å²) in [4.78, 5) is 4.12. The molecule has 100 valence electrons. The van der Waals surface area contributed by atoms with E-state index in [1.807, 2.05) is 24.3 Å². The lowest BCUT2D eigenvalue weighted by Crippen LogP contribution is -1.89. The van der Waals surface area contributed by atoms with Gasteiger partial charge in [-0.25, -0.2) is 4.98 Å². The summed E-state index contributed by atoms with van der Waals surface area (Å²) in [5.74, 6) is 1.30. The molecule has 0 saturated carbocycles. The number of aromatic hydroxyl groups is 1. The van der Waals surface area contributed by atoms with Crippen molar-refractivity contribution in [2.24, 2.45) is 0 Å². The lowest BCUT2D eigenvalue weighted by atomic mass is 10.1. The van der Waals surface area contributed by atoms with E-state index >= 15 is 0 Å². The maximum atomic E-state index is 9.51. The van der Waals surface area contributed by atoms with Crippen LogP contribution in [0.3, 0.4) is 0 Å². The van der Waals surface area contributed by atoms with Gasteiger partial charge >= 0.3 is 0 Å². The molecule has 20 heavy (non-hydrogen) atoms. The highest BCUT2D eigenvalue weighted by molar-refractivity contribution is 9.10. The quantitative estimate of drug-likeness (QED) is 0.695. The smallest absolute Gasteiger partial charge is 0.233 e. The van der Waals surface area contributed by atoms with E-state index in [1.165, 1.54) is 6.20 Å². The van der Waals surface area contributed by atoms with Crippen LogP contribution in [0.15, 0.2) is 53.1 Å². The number of pyridine rings is 1. The molecule has 0 atom stereocenters. The Hall–Kier alpha value is -1.78. The number of nitrogens with zero attached hydrogens (tertiary/aromatic N) is 1. The van der Waals surface area contributed by atoms with Crippen LogP contribution < -0.4 is 4.74 Å². The van der Waals surface area contributed by atoms with Crippen LogP contribution in [0.25, 0.3) is 10.8 Å². The van der Waals surface area contributed by atoms with E-state index in [0.717, 1.165) is 10.8 Å². The van der Waals surface area contributed by atoms with Gasteiger partial charge in [0.1, 0.15) is 11.5 Å². The van der Waals surface area contributed by atoms with Crippen molar-refractivity contribution in [2.45, 2.75) is 0 Å². The molecule has 0 aliphatic heterocycles. The summed E-state index contributed by atoms with van der Waals surface area (Å²) < 4.78 is 6.40. The van der Waals surface area contributed by atoms with E-state index in [-0.39, 0.29) is 5.75 Å². The van der Waals surface area contributed by atoms with Crippen LogP contribution in [0, 0.1) is 0 Å². The van der Waals surface area contributed by atoms with Gasteiger partial charge in [0.15, 0.2) is 0 Å². The molecule has 0 aliphatic carbocycles. The first-order valence-electron chi connectivity index (χ1n) is 5.83. The predicted octanol–water partition coefficient (Wildman–Crippen LogP) is 5.15. The molecule has 5 heteroatoms. The van der Waals surface area contributed by atoms with Crippen LogP contribution in [-0.4, -0.2) is 10.1 Å². The molecule has 0 amide bonds. The van der Waals surface area contributed by atoms with E-state index in [4.69, 9.17) is 16.3 Å². The van der Waals surface area contributed by atoms with Crippen LogP contribution in [0.4, 0.5) is 0 Å². The van der Waals surface area contributed by atoms with Gasteiger partial charge in [0.05, 0.1) is 9.50 Å². The second-order valence-corrected chi connectivity index (χ2v) is 5.53. The van der Waals surface area contributed by atoms with Gasteiger partial charge in [-0.2, -0.15) is 0 Å². The highest BCUT2D eigenvalue weighted by Crippen LogP contribution is 2.31. The average molecular weight is 351 g/mol. The Morgan fingerprint density at radius 2 is 1.85 bits per heavy atom. The van der Waals surface area contributed by atoms with Gasteiger partial charge in [0.25, 0.3) is 0 Å². The lowest BCUT2D eigenvalue weighted by molar-refractivity contribution is 0.460. The number of aromatic nitrogens is 1. The summed E-state index contributed by atoms with van der Waals surface area (Å²) in [6.07, 6.45) is 1.52. The molecular weight excluding hydrogens is 342 g/mol. The Kier molecular flexibility index (Phi) is 3.51. The normalized spacial score (nSPS) is 10.7. The molecule has 1 N–H and O–H groups in total.